The Morgan fingerprint density at radius 2 is 1.58 bits per heavy atom. The second-order valence-corrected chi connectivity index (χ2v) is 7.82. The fraction of sp³-hybridized carbons (Fsp3) is 0.200. The highest BCUT2D eigenvalue weighted by atomic mass is 127. The summed E-state index contributed by atoms with van der Waals surface area (Å²) in [6.45, 7) is 0. The van der Waals surface area contributed by atoms with E-state index in [1.165, 1.54) is 24.3 Å². The molecule has 26 heavy (non-hydrogen) atoms. The van der Waals surface area contributed by atoms with Crippen LogP contribution < -0.4 is 0 Å². The molecule has 0 saturated heterocycles. The lowest BCUT2D eigenvalue weighted by Gasteiger charge is -2.21. The van der Waals surface area contributed by atoms with Crippen molar-refractivity contribution in [3.63, 3.8) is 0 Å². The van der Waals surface area contributed by atoms with Gasteiger partial charge in [-0.3, -0.25) is 0 Å². The Labute approximate surface area is 157 Å². The van der Waals surface area contributed by atoms with Crippen LogP contribution in [0.2, 0.25) is 0 Å². The molecule has 0 bridgehead atoms. The standard InChI is InChI=1S/C15H9F6IO3S/c16-14(17,18)8-12(22)13(25-26(23,24)15(19,20)21)11-7-3-5-9-4-1-2-6-10(9)11/h1-8,13H/b12-8-. The van der Waals surface area contributed by atoms with E-state index in [1.807, 2.05) is 0 Å². The molecule has 11 heteroatoms. The summed E-state index contributed by atoms with van der Waals surface area (Å²) in [5, 5.41) is 0.765. The Morgan fingerprint density at radius 3 is 2.15 bits per heavy atom. The lowest BCUT2D eigenvalue weighted by Crippen LogP contribution is -2.27. The minimum absolute atomic E-state index is 0.138. The van der Waals surface area contributed by atoms with Crippen molar-refractivity contribution in [2.24, 2.45) is 0 Å². The Balaban J connectivity index is 2.66. The SMILES string of the molecule is O=S(=O)(OC(/C(I)=C/C(F)(F)F)c1cccc2ccccc12)C(F)(F)F. The average Bonchev–Trinajstić information content (AvgIpc) is 2.49. The Hall–Kier alpha value is -1.34. The molecular weight excluding hydrogens is 501 g/mol. The van der Waals surface area contributed by atoms with E-state index in [4.69, 9.17) is 0 Å². The van der Waals surface area contributed by atoms with Crippen molar-refractivity contribution in [1.82, 2.24) is 0 Å². The third kappa shape index (κ3) is 4.88. The largest absolute Gasteiger partial charge is 0.523 e. The fourth-order valence-electron chi connectivity index (χ4n) is 2.14. The molecule has 1 unspecified atom stereocenters. The molecule has 3 nitrogen and oxygen atoms in total. The minimum Gasteiger partial charge on any atom is -0.250 e. The van der Waals surface area contributed by atoms with Crippen LogP contribution in [-0.2, 0) is 14.3 Å². The lowest BCUT2D eigenvalue weighted by molar-refractivity contribution is -0.0807. The average molecular weight is 510 g/mol. The molecule has 2 aromatic carbocycles. The first kappa shape index (κ1) is 21.0. The maximum absolute atomic E-state index is 12.7. The molecule has 0 N–H and O–H groups in total. The zero-order valence-corrected chi connectivity index (χ0v) is 15.4. The van der Waals surface area contributed by atoms with Crippen LogP contribution in [-0.4, -0.2) is 20.1 Å². The number of hydrogen-bond donors (Lipinski definition) is 0. The number of rotatable bonds is 4. The molecule has 0 aliphatic carbocycles. The van der Waals surface area contributed by atoms with Crippen molar-refractivity contribution in [2.75, 3.05) is 0 Å². The lowest BCUT2D eigenvalue weighted by atomic mass is 10.00. The highest BCUT2D eigenvalue weighted by Crippen LogP contribution is 2.40. The third-order valence-corrected chi connectivity index (χ3v) is 5.05. The monoisotopic (exact) mass is 510 g/mol. The summed E-state index contributed by atoms with van der Waals surface area (Å²) < 4.78 is 102. The van der Waals surface area contributed by atoms with E-state index < -0.39 is 31.5 Å². The molecule has 2 aromatic rings. The number of alkyl halides is 6. The Morgan fingerprint density at radius 1 is 1.00 bits per heavy atom. The van der Waals surface area contributed by atoms with E-state index >= 15 is 0 Å². The van der Waals surface area contributed by atoms with Crippen molar-refractivity contribution >= 4 is 43.5 Å². The van der Waals surface area contributed by atoms with Gasteiger partial charge in [-0.1, -0.05) is 42.5 Å². The number of halogens is 7. The predicted molar refractivity (Wildman–Crippen MR) is 90.9 cm³/mol. The topological polar surface area (TPSA) is 43.4 Å². The molecule has 142 valence electrons. The van der Waals surface area contributed by atoms with E-state index in [-0.39, 0.29) is 17.0 Å². The first-order valence-electron chi connectivity index (χ1n) is 6.74. The van der Waals surface area contributed by atoms with Crippen LogP contribution in [0, 0.1) is 0 Å². The summed E-state index contributed by atoms with van der Waals surface area (Å²) in [4.78, 5) is 0. The van der Waals surface area contributed by atoms with Crippen LogP contribution in [0.15, 0.2) is 52.1 Å². The van der Waals surface area contributed by atoms with E-state index in [1.54, 1.807) is 18.2 Å². The molecule has 0 heterocycles. The van der Waals surface area contributed by atoms with E-state index in [2.05, 4.69) is 4.18 Å². The van der Waals surface area contributed by atoms with Crippen molar-refractivity contribution in [1.29, 1.82) is 0 Å². The molecule has 0 saturated carbocycles. The summed E-state index contributed by atoms with van der Waals surface area (Å²) in [5.41, 5.74) is -5.91. The van der Waals surface area contributed by atoms with Crippen LogP contribution in [0.25, 0.3) is 10.8 Å². The molecule has 1 atom stereocenters. The van der Waals surface area contributed by atoms with Gasteiger partial charge in [-0.2, -0.15) is 34.8 Å². The van der Waals surface area contributed by atoms with Gasteiger partial charge in [-0.15, -0.1) is 0 Å². The maximum Gasteiger partial charge on any atom is 0.523 e. The van der Waals surface area contributed by atoms with E-state index in [0.717, 1.165) is 22.6 Å². The fourth-order valence-corrected chi connectivity index (χ4v) is 3.70. The minimum atomic E-state index is -6.13. The number of hydrogen-bond acceptors (Lipinski definition) is 3. The van der Waals surface area contributed by atoms with Crippen molar-refractivity contribution in [3.05, 3.63) is 57.7 Å². The van der Waals surface area contributed by atoms with Gasteiger partial charge in [0.15, 0.2) is 0 Å². The van der Waals surface area contributed by atoms with Crippen molar-refractivity contribution in [3.8, 4) is 0 Å². The molecule has 0 amide bonds. The molecule has 0 spiro atoms. The van der Waals surface area contributed by atoms with Gasteiger partial charge in [0.05, 0.1) is 0 Å². The molecule has 0 radical (unpaired) electrons. The molecule has 0 aliphatic rings. The number of benzene rings is 2. The van der Waals surface area contributed by atoms with E-state index in [9.17, 15) is 34.8 Å². The van der Waals surface area contributed by atoms with Gasteiger partial charge in [0.1, 0.15) is 6.10 Å². The Kier molecular flexibility index (Phi) is 5.93. The van der Waals surface area contributed by atoms with E-state index in [0.29, 0.717) is 5.39 Å². The van der Waals surface area contributed by atoms with Gasteiger partial charge in [0.25, 0.3) is 0 Å². The quantitative estimate of drug-likeness (QED) is 0.232. The van der Waals surface area contributed by atoms with Crippen LogP contribution in [0.5, 0.6) is 0 Å². The zero-order chi connectivity index (χ0) is 19.8. The maximum atomic E-state index is 12.7. The Bertz CT molecular complexity index is 929. The van der Waals surface area contributed by atoms with Gasteiger partial charge in [-0.25, -0.2) is 4.18 Å². The van der Waals surface area contributed by atoms with Crippen LogP contribution in [0.3, 0.4) is 0 Å². The first-order valence-corrected chi connectivity index (χ1v) is 9.23. The third-order valence-electron chi connectivity index (χ3n) is 3.16. The molecule has 2 rings (SSSR count). The summed E-state index contributed by atoms with van der Waals surface area (Å²) in [5.74, 6) is 0. The van der Waals surface area contributed by atoms with Gasteiger partial charge in [-0.05, 0) is 38.9 Å². The molecule has 0 aliphatic heterocycles. The van der Waals surface area contributed by atoms with Gasteiger partial charge in [0.2, 0.25) is 0 Å². The second-order valence-electron chi connectivity index (χ2n) is 5.02. The summed E-state index contributed by atoms with van der Waals surface area (Å²) in [7, 11) is -6.13. The molecule has 0 fully saturated rings. The number of allylic oxidation sites excluding steroid dienone is 1. The smallest absolute Gasteiger partial charge is 0.250 e. The summed E-state index contributed by atoms with van der Waals surface area (Å²) in [6.07, 6.45) is -7.27. The van der Waals surface area contributed by atoms with Gasteiger partial charge < -0.3 is 0 Å². The van der Waals surface area contributed by atoms with Crippen molar-refractivity contribution in [2.45, 2.75) is 17.8 Å². The van der Waals surface area contributed by atoms with Crippen LogP contribution in [0.1, 0.15) is 11.7 Å². The molecular formula is C15H9F6IO3S. The first-order chi connectivity index (χ1) is 11.8. The number of fused-ring (bicyclic) bond motifs is 1. The van der Waals surface area contributed by atoms with Crippen molar-refractivity contribution < 1.29 is 38.9 Å². The zero-order valence-electron chi connectivity index (χ0n) is 12.5. The predicted octanol–water partition coefficient (Wildman–Crippen LogP) is 5.63. The van der Waals surface area contributed by atoms with Gasteiger partial charge >= 0.3 is 21.8 Å². The summed E-state index contributed by atoms with van der Waals surface area (Å²) in [6, 6.07) is 10.3. The van der Waals surface area contributed by atoms with Crippen LogP contribution >= 0.6 is 22.6 Å². The highest BCUT2D eigenvalue weighted by Gasteiger charge is 2.49. The molecule has 0 aromatic heterocycles. The second kappa shape index (κ2) is 7.35. The van der Waals surface area contributed by atoms with Crippen LogP contribution in [0.4, 0.5) is 26.3 Å². The highest BCUT2D eigenvalue weighted by molar-refractivity contribution is 14.1. The van der Waals surface area contributed by atoms with Gasteiger partial charge in [0, 0.05) is 9.66 Å². The summed E-state index contributed by atoms with van der Waals surface area (Å²) >= 11 is 1.12. The normalized spacial score (nSPS) is 15.3.